The number of terminal acetylenes is 1. The topological polar surface area (TPSA) is 20.3 Å². The number of hydrogen-bond acceptors (Lipinski definition) is 2. The normalized spacial score (nSPS) is 42.6. The summed E-state index contributed by atoms with van der Waals surface area (Å²) in [4.78, 5) is 2.27. The molecule has 0 aromatic rings. The zero-order chi connectivity index (χ0) is 7.84. The van der Waals surface area contributed by atoms with Gasteiger partial charge in [-0.2, -0.15) is 0 Å². The molecule has 0 amide bonds. The third kappa shape index (κ3) is 1.11. The fourth-order valence-electron chi connectivity index (χ4n) is 1.94. The minimum absolute atomic E-state index is 0.424. The molecule has 0 aromatic carbocycles. The van der Waals surface area contributed by atoms with Crippen LogP contribution in [-0.2, 0) is 10.8 Å². The molecule has 2 heterocycles. The Labute approximate surface area is 69.4 Å². The molecule has 2 rings (SSSR count). The van der Waals surface area contributed by atoms with Gasteiger partial charge in [-0.15, -0.1) is 6.42 Å². The molecular formula is C8H11NOS. The van der Waals surface area contributed by atoms with Gasteiger partial charge in [0, 0.05) is 34.4 Å². The van der Waals surface area contributed by atoms with Gasteiger partial charge < -0.3 is 0 Å². The molecule has 0 spiro atoms. The maximum Gasteiger partial charge on any atom is 0.0602 e. The van der Waals surface area contributed by atoms with Crippen LogP contribution in [0.15, 0.2) is 0 Å². The van der Waals surface area contributed by atoms with Gasteiger partial charge in [-0.1, -0.05) is 5.92 Å². The molecule has 0 radical (unpaired) electrons. The summed E-state index contributed by atoms with van der Waals surface area (Å²) in [5, 5.41) is 0.424. The summed E-state index contributed by atoms with van der Waals surface area (Å²) in [6.07, 6.45) is 6.31. The lowest BCUT2D eigenvalue weighted by atomic mass is 10.2. The molecule has 3 unspecified atom stereocenters. The van der Waals surface area contributed by atoms with E-state index in [9.17, 15) is 4.21 Å². The van der Waals surface area contributed by atoms with Crippen molar-refractivity contribution in [3.63, 3.8) is 0 Å². The molecular weight excluding hydrogens is 158 g/mol. The van der Waals surface area contributed by atoms with Gasteiger partial charge in [0.2, 0.25) is 0 Å². The summed E-state index contributed by atoms with van der Waals surface area (Å²) in [6.45, 7) is 1.69. The lowest BCUT2D eigenvalue weighted by molar-refractivity contribution is 0.301. The van der Waals surface area contributed by atoms with Gasteiger partial charge in [0.1, 0.15) is 0 Å². The van der Waals surface area contributed by atoms with E-state index in [2.05, 4.69) is 10.8 Å². The second-order valence-corrected chi connectivity index (χ2v) is 4.95. The third-order valence-electron chi connectivity index (χ3n) is 2.51. The number of rotatable bonds is 1. The van der Waals surface area contributed by atoms with Crippen LogP contribution < -0.4 is 0 Å². The fraction of sp³-hybridized carbons (Fsp3) is 0.750. The molecule has 2 aliphatic rings. The van der Waals surface area contributed by atoms with Crippen molar-refractivity contribution in [3.8, 4) is 12.3 Å². The van der Waals surface area contributed by atoms with Crippen LogP contribution in [0.4, 0.5) is 0 Å². The Balaban J connectivity index is 2.04. The van der Waals surface area contributed by atoms with E-state index in [0.29, 0.717) is 11.3 Å². The van der Waals surface area contributed by atoms with Gasteiger partial charge in [-0.3, -0.25) is 9.11 Å². The predicted octanol–water partition coefficient (Wildman–Crippen LogP) is -0.175. The van der Waals surface area contributed by atoms with Crippen molar-refractivity contribution in [2.24, 2.45) is 0 Å². The highest BCUT2D eigenvalue weighted by Crippen LogP contribution is 2.29. The van der Waals surface area contributed by atoms with Crippen molar-refractivity contribution in [2.75, 3.05) is 18.8 Å². The fourth-order valence-corrected chi connectivity index (χ4v) is 3.73. The SMILES string of the molecule is C#CCN1CC2CC1CS2=O. The number of likely N-dealkylation sites (tertiary alicyclic amines) is 1. The van der Waals surface area contributed by atoms with Gasteiger partial charge in [-0.05, 0) is 6.42 Å². The minimum atomic E-state index is -0.545. The van der Waals surface area contributed by atoms with Crippen LogP contribution in [0.2, 0.25) is 0 Å². The van der Waals surface area contributed by atoms with Crippen molar-refractivity contribution in [2.45, 2.75) is 17.7 Å². The molecule has 0 aromatic heterocycles. The average molecular weight is 169 g/mol. The Kier molecular flexibility index (Phi) is 1.74. The van der Waals surface area contributed by atoms with Gasteiger partial charge in [0.05, 0.1) is 6.54 Å². The summed E-state index contributed by atoms with van der Waals surface area (Å²) in [7, 11) is -0.545. The summed E-state index contributed by atoms with van der Waals surface area (Å²) < 4.78 is 11.2. The van der Waals surface area contributed by atoms with Gasteiger partial charge >= 0.3 is 0 Å². The van der Waals surface area contributed by atoms with E-state index in [4.69, 9.17) is 6.42 Å². The van der Waals surface area contributed by atoms with Crippen LogP contribution in [0, 0.1) is 12.3 Å². The molecule has 2 fully saturated rings. The Morgan fingerprint density at radius 3 is 3.00 bits per heavy atom. The zero-order valence-electron chi connectivity index (χ0n) is 6.32. The third-order valence-corrected chi connectivity index (χ3v) is 4.31. The number of hydrogen-bond donors (Lipinski definition) is 0. The van der Waals surface area contributed by atoms with Crippen molar-refractivity contribution in [1.82, 2.24) is 4.90 Å². The predicted molar refractivity (Wildman–Crippen MR) is 45.6 cm³/mol. The Morgan fingerprint density at radius 1 is 1.73 bits per heavy atom. The van der Waals surface area contributed by atoms with E-state index in [1.54, 1.807) is 0 Å². The van der Waals surface area contributed by atoms with Crippen LogP contribution >= 0.6 is 0 Å². The van der Waals surface area contributed by atoms with Gasteiger partial charge in [-0.25, -0.2) is 0 Å². The zero-order valence-corrected chi connectivity index (χ0v) is 7.14. The highest BCUT2D eigenvalue weighted by Gasteiger charge is 2.42. The molecule has 0 N–H and O–H groups in total. The molecule has 2 aliphatic heterocycles. The van der Waals surface area contributed by atoms with E-state index < -0.39 is 10.8 Å². The summed E-state index contributed by atoms with van der Waals surface area (Å²) in [6, 6.07) is 0.525. The van der Waals surface area contributed by atoms with Gasteiger partial charge in [0.15, 0.2) is 0 Å². The monoisotopic (exact) mass is 169 g/mol. The first kappa shape index (κ1) is 7.33. The van der Waals surface area contributed by atoms with Gasteiger partial charge in [0.25, 0.3) is 0 Å². The summed E-state index contributed by atoms with van der Waals surface area (Å²) in [5.41, 5.74) is 0. The van der Waals surface area contributed by atoms with E-state index >= 15 is 0 Å². The maximum atomic E-state index is 11.2. The van der Waals surface area contributed by atoms with Crippen LogP contribution in [0.5, 0.6) is 0 Å². The lowest BCUT2D eigenvalue weighted by Crippen LogP contribution is -2.38. The lowest BCUT2D eigenvalue weighted by Gasteiger charge is -2.23. The average Bonchev–Trinajstić information content (AvgIpc) is 2.47. The molecule has 2 nitrogen and oxygen atoms in total. The maximum absolute atomic E-state index is 11.2. The number of fused-ring (bicyclic) bond motifs is 2. The largest absolute Gasteiger partial charge is 0.287 e. The Hall–Kier alpha value is -0.330. The first-order valence-corrected chi connectivity index (χ1v) is 5.24. The van der Waals surface area contributed by atoms with Crippen molar-refractivity contribution in [1.29, 1.82) is 0 Å². The molecule has 3 heteroatoms. The molecule has 3 atom stereocenters. The smallest absolute Gasteiger partial charge is 0.0602 e. The Bertz CT molecular complexity index is 233. The molecule has 60 valence electrons. The van der Waals surface area contributed by atoms with E-state index in [-0.39, 0.29) is 0 Å². The molecule has 0 aliphatic carbocycles. The van der Waals surface area contributed by atoms with Crippen LogP contribution in [0.1, 0.15) is 6.42 Å². The molecule has 2 bridgehead atoms. The summed E-state index contributed by atoms with van der Waals surface area (Å²) in [5.74, 6) is 3.49. The van der Waals surface area contributed by atoms with Crippen molar-refractivity contribution >= 4 is 10.8 Å². The molecule has 11 heavy (non-hydrogen) atoms. The first-order valence-electron chi connectivity index (χ1n) is 3.86. The standard InChI is InChI=1S/C8H11NOS/c1-2-3-9-5-8-4-7(9)6-11(8)10/h1,7-8H,3-6H2. The van der Waals surface area contributed by atoms with E-state index in [0.717, 1.165) is 25.3 Å². The molecule has 2 saturated heterocycles. The van der Waals surface area contributed by atoms with E-state index in [1.165, 1.54) is 0 Å². The molecule has 0 saturated carbocycles. The Morgan fingerprint density at radius 2 is 2.55 bits per heavy atom. The van der Waals surface area contributed by atoms with Crippen LogP contribution in [0.3, 0.4) is 0 Å². The highest BCUT2D eigenvalue weighted by molar-refractivity contribution is 7.86. The second kappa shape index (κ2) is 2.62. The van der Waals surface area contributed by atoms with Crippen molar-refractivity contribution in [3.05, 3.63) is 0 Å². The van der Waals surface area contributed by atoms with Crippen LogP contribution in [-0.4, -0.2) is 39.2 Å². The van der Waals surface area contributed by atoms with Crippen LogP contribution in [0.25, 0.3) is 0 Å². The quantitative estimate of drug-likeness (QED) is 0.508. The van der Waals surface area contributed by atoms with E-state index in [1.807, 2.05) is 0 Å². The number of nitrogens with zero attached hydrogens (tertiary/aromatic N) is 1. The summed E-state index contributed by atoms with van der Waals surface area (Å²) >= 11 is 0. The second-order valence-electron chi connectivity index (χ2n) is 3.19. The minimum Gasteiger partial charge on any atom is -0.287 e. The first-order chi connectivity index (χ1) is 5.31. The highest BCUT2D eigenvalue weighted by atomic mass is 32.2. The van der Waals surface area contributed by atoms with Crippen molar-refractivity contribution < 1.29 is 4.21 Å².